The fourth-order valence-electron chi connectivity index (χ4n) is 1.35. The zero-order valence-corrected chi connectivity index (χ0v) is 8.35. The van der Waals surface area contributed by atoms with Gasteiger partial charge in [-0.1, -0.05) is 0 Å². The van der Waals surface area contributed by atoms with Gasteiger partial charge in [-0.3, -0.25) is 0 Å². The van der Waals surface area contributed by atoms with Crippen LogP contribution in [0.1, 0.15) is 19.3 Å². The lowest BCUT2D eigenvalue weighted by molar-refractivity contribution is -0.139. The molecule has 1 atom stereocenters. The van der Waals surface area contributed by atoms with Crippen LogP contribution in [0.15, 0.2) is 12.2 Å². The van der Waals surface area contributed by atoms with Crippen LogP contribution in [-0.4, -0.2) is 36.4 Å². The van der Waals surface area contributed by atoms with Crippen molar-refractivity contribution in [1.29, 1.82) is 0 Å². The van der Waals surface area contributed by atoms with Crippen molar-refractivity contribution in [3.05, 3.63) is 12.2 Å². The smallest absolute Gasteiger partial charge is 0.331 e. The molecule has 1 heterocycles. The number of aliphatic carboxylic acids is 1. The van der Waals surface area contributed by atoms with Crippen molar-refractivity contribution >= 4 is 11.9 Å². The monoisotopic (exact) mass is 214 g/mol. The van der Waals surface area contributed by atoms with Gasteiger partial charge < -0.3 is 14.6 Å². The first kappa shape index (κ1) is 11.7. The predicted octanol–water partition coefficient (Wildman–Crippen LogP) is 0.740. The summed E-state index contributed by atoms with van der Waals surface area (Å²) in [5.41, 5.74) is 0. The summed E-state index contributed by atoms with van der Waals surface area (Å²) in [5.74, 6) is -1.79. The van der Waals surface area contributed by atoms with Gasteiger partial charge >= 0.3 is 11.9 Å². The summed E-state index contributed by atoms with van der Waals surface area (Å²) in [7, 11) is 0. The Morgan fingerprint density at radius 1 is 1.47 bits per heavy atom. The highest BCUT2D eigenvalue weighted by molar-refractivity contribution is 5.90. The van der Waals surface area contributed by atoms with Crippen molar-refractivity contribution in [3.63, 3.8) is 0 Å². The van der Waals surface area contributed by atoms with Gasteiger partial charge in [-0.25, -0.2) is 9.59 Å². The summed E-state index contributed by atoms with van der Waals surface area (Å²) in [6.07, 6.45) is 4.57. The number of hydrogen-bond acceptors (Lipinski definition) is 4. The van der Waals surface area contributed by atoms with Crippen molar-refractivity contribution in [2.45, 2.75) is 25.4 Å². The van der Waals surface area contributed by atoms with Gasteiger partial charge in [0.1, 0.15) is 0 Å². The molecule has 0 saturated carbocycles. The number of rotatable bonds is 5. The Bertz CT molecular complexity index is 253. The molecular formula is C10H14O5. The zero-order chi connectivity index (χ0) is 11.1. The third kappa shape index (κ3) is 5.17. The van der Waals surface area contributed by atoms with E-state index in [1.807, 2.05) is 0 Å². The Morgan fingerprint density at radius 2 is 2.27 bits per heavy atom. The maximum atomic E-state index is 10.9. The van der Waals surface area contributed by atoms with Crippen LogP contribution in [0.2, 0.25) is 0 Å². The predicted molar refractivity (Wildman–Crippen MR) is 51.3 cm³/mol. The maximum absolute atomic E-state index is 10.9. The first-order chi connectivity index (χ1) is 7.18. The highest BCUT2D eigenvalue weighted by Crippen LogP contribution is 2.14. The average molecular weight is 214 g/mol. The molecule has 0 aromatic rings. The molecule has 0 amide bonds. The molecule has 1 N–H and O–H groups in total. The number of esters is 1. The minimum atomic E-state index is -1.16. The van der Waals surface area contributed by atoms with E-state index in [9.17, 15) is 9.59 Å². The number of carbonyl (C=O) groups is 2. The second kappa shape index (κ2) is 6.19. The molecule has 0 bridgehead atoms. The number of carbonyl (C=O) groups excluding carboxylic acids is 1. The minimum absolute atomic E-state index is 0.182. The van der Waals surface area contributed by atoms with Gasteiger partial charge in [0.05, 0.1) is 12.7 Å². The van der Waals surface area contributed by atoms with E-state index in [1.165, 1.54) is 0 Å². The Labute approximate surface area is 87.7 Å². The lowest BCUT2D eigenvalue weighted by atomic mass is 10.2. The van der Waals surface area contributed by atoms with Crippen molar-refractivity contribution in [3.8, 4) is 0 Å². The van der Waals surface area contributed by atoms with E-state index in [0.717, 1.165) is 31.6 Å². The van der Waals surface area contributed by atoms with Crippen molar-refractivity contribution in [2.75, 3.05) is 13.2 Å². The standard InChI is InChI=1S/C10H14O5/c11-9(12)3-4-10(13)15-7-5-8-2-1-6-14-8/h3-4,8H,1-2,5-7H2,(H,11,12)/b4-3+. The molecule has 1 rings (SSSR count). The quantitative estimate of drug-likeness (QED) is 0.539. The lowest BCUT2D eigenvalue weighted by Gasteiger charge is -2.08. The molecule has 0 radical (unpaired) electrons. The summed E-state index contributed by atoms with van der Waals surface area (Å²) in [5, 5.41) is 8.25. The summed E-state index contributed by atoms with van der Waals surface area (Å²) in [6.45, 7) is 1.05. The number of ether oxygens (including phenoxy) is 2. The van der Waals surface area contributed by atoms with Crippen LogP contribution in [0.4, 0.5) is 0 Å². The number of carboxylic acid groups (broad SMARTS) is 1. The summed E-state index contributed by atoms with van der Waals surface area (Å²) in [6, 6.07) is 0. The van der Waals surface area contributed by atoms with Gasteiger partial charge in [0.25, 0.3) is 0 Å². The highest BCUT2D eigenvalue weighted by Gasteiger charge is 2.15. The second-order valence-corrected chi connectivity index (χ2v) is 3.26. The number of hydrogen-bond donors (Lipinski definition) is 1. The zero-order valence-electron chi connectivity index (χ0n) is 8.35. The van der Waals surface area contributed by atoms with Gasteiger partial charge in [0.15, 0.2) is 0 Å². The average Bonchev–Trinajstić information content (AvgIpc) is 2.67. The van der Waals surface area contributed by atoms with E-state index >= 15 is 0 Å². The minimum Gasteiger partial charge on any atom is -0.478 e. The summed E-state index contributed by atoms with van der Waals surface area (Å²) < 4.78 is 10.1. The van der Waals surface area contributed by atoms with Gasteiger partial charge in [-0.2, -0.15) is 0 Å². The fraction of sp³-hybridized carbons (Fsp3) is 0.600. The Morgan fingerprint density at radius 3 is 2.87 bits per heavy atom. The Hall–Kier alpha value is -1.36. The topological polar surface area (TPSA) is 72.8 Å². The number of carboxylic acids is 1. The first-order valence-electron chi connectivity index (χ1n) is 4.88. The molecule has 1 unspecified atom stereocenters. The molecule has 15 heavy (non-hydrogen) atoms. The maximum Gasteiger partial charge on any atom is 0.331 e. The van der Waals surface area contributed by atoms with E-state index in [-0.39, 0.29) is 12.7 Å². The molecule has 1 aliphatic rings. The van der Waals surface area contributed by atoms with Crippen molar-refractivity contribution in [2.24, 2.45) is 0 Å². The van der Waals surface area contributed by atoms with Crippen LogP contribution in [0.5, 0.6) is 0 Å². The van der Waals surface area contributed by atoms with Crippen LogP contribution < -0.4 is 0 Å². The van der Waals surface area contributed by atoms with E-state index in [1.54, 1.807) is 0 Å². The van der Waals surface area contributed by atoms with Gasteiger partial charge in [0.2, 0.25) is 0 Å². The van der Waals surface area contributed by atoms with Crippen LogP contribution in [0, 0.1) is 0 Å². The molecule has 1 fully saturated rings. The normalized spacial score (nSPS) is 20.7. The molecule has 5 heteroatoms. The first-order valence-corrected chi connectivity index (χ1v) is 4.88. The molecular weight excluding hydrogens is 200 g/mol. The van der Waals surface area contributed by atoms with Crippen LogP contribution in [0.25, 0.3) is 0 Å². The molecule has 0 spiro atoms. The molecule has 84 valence electrons. The van der Waals surface area contributed by atoms with Crippen LogP contribution >= 0.6 is 0 Å². The Balaban J connectivity index is 2.08. The molecule has 0 aliphatic carbocycles. The van der Waals surface area contributed by atoms with E-state index < -0.39 is 11.9 Å². The van der Waals surface area contributed by atoms with E-state index in [4.69, 9.17) is 14.6 Å². The van der Waals surface area contributed by atoms with E-state index in [2.05, 4.69) is 0 Å². The molecule has 0 aromatic carbocycles. The molecule has 5 nitrogen and oxygen atoms in total. The lowest BCUT2D eigenvalue weighted by Crippen LogP contribution is -2.11. The van der Waals surface area contributed by atoms with Gasteiger partial charge in [-0.05, 0) is 12.8 Å². The third-order valence-corrected chi connectivity index (χ3v) is 2.07. The van der Waals surface area contributed by atoms with Crippen LogP contribution in [-0.2, 0) is 19.1 Å². The highest BCUT2D eigenvalue weighted by atomic mass is 16.5. The van der Waals surface area contributed by atoms with Gasteiger partial charge in [-0.15, -0.1) is 0 Å². The Kier molecular flexibility index (Phi) is 4.83. The SMILES string of the molecule is O=C(O)/C=C/C(=O)OCCC1CCCO1. The van der Waals surface area contributed by atoms with Gasteiger partial charge in [0, 0.05) is 25.2 Å². The molecule has 0 aromatic heterocycles. The summed E-state index contributed by atoms with van der Waals surface area (Å²) >= 11 is 0. The van der Waals surface area contributed by atoms with Crippen molar-refractivity contribution < 1.29 is 24.2 Å². The summed E-state index contributed by atoms with van der Waals surface area (Å²) in [4.78, 5) is 21.0. The van der Waals surface area contributed by atoms with E-state index in [0.29, 0.717) is 6.42 Å². The molecule has 1 saturated heterocycles. The third-order valence-electron chi connectivity index (χ3n) is 2.07. The largest absolute Gasteiger partial charge is 0.478 e. The fourth-order valence-corrected chi connectivity index (χ4v) is 1.35. The van der Waals surface area contributed by atoms with Crippen LogP contribution in [0.3, 0.4) is 0 Å². The second-order valence-electron chi connectivity index (χ2n) is 3.26. The molecule has 1 aliphatic heterocycles. The van der Waals surface area contributed by atoms with Crippen molar-refractivity contribution in [1.82, 2.24) is 0 Å².